The Kier molecular flexibility index (Phi) is 8.15. The van der Waals surface area contributed by atoms with Crippen molar-refractivity contribution in [2.75, 3.05) is 32.7 Å². The number of H-pyrrole nitrogens is 1. The van der Waals surface area contributed by atoms with Gasteiger partial charge in [0.1, 0.15) is 36.4 Å². The maximum absolute atomic E-state index is 13.1. The van der Waals surface area contributed by atoms with Crippen LogP contribution < -0.4 is 17.0 Å². The lowest BCUT2D eigenvalue weighted by Gasteiger charge is -2.26. The summed E-state index contributed by atoms with van der Waals surface area (Å²) in [5.41, 5.74) is 4.00. The van der Waals surface area contributed by atoms with Crippen LogP contribution in [0.2, 0.25) is 0 Å². The molecule has 5 N–H and O–H groups in total. The number of ether oxygens (including phenoxy) is 3. The third-order valence-electron chi connectivity index (χ3n) is 6.74. The fourth-order valence-electron chi connectivity index (χ4n) is 4.75. The molecule has 218 valence electrons. The van der Waals surface area contributed by atoms with E-state index in [0.717, 1.165) is 10.6 Å². The number of nitrogen functional groups attached to an aromatic ring is 1. The first kappa shape index (κ1) is 28.8. The van der Waals surface area contributed by atoms with Crippen molar-refractivity contribution in [1.29, 1.82) is 0 Å². The van der Waals surface area contributed by atoms with Gasteiger partial charge in [-0.3, -0.25) is 23.4 Å². The van der Waals surface area contributed by atoms with Crippen molar-refractivity contribution in [3.05, 3.63) is 45.8 Å². The first-order valence-electron chi connectivity index (χ1n) is 12.1. The zero-order valence-corrected chi connectivity index (χ0v) is 22.9. The van der Waals surface area contributed by atoms with E-state index in [1.54, 1.807) is 4.57 Å². The number of hydrogen-bond donors (Lipinski definition) is 5. The molecule has 2 fully saturated rings. The molecule has 7 atom stereocenters. The van der Waals surface area contributed by atoms with Crippen molar-refractivity contribution in [1.82, 2.24) is 29.1 Å². The van der Waals surface area contributed by atoms with Crippen LogP contribution >= 0.6 is 19.0 Å². The van der Waals surface area contributed by atoms with E-state index in [1.807, 2.05) is 0 Å². The molecule has 4 unspecified atom stereocenters. The van der Waals surface area contributed by atoms with Gasteiger partial charge in [0.15, 0.2) is 17.7 Å². The van der Waals surface area contributed by atoms with E-state index in [4.69, 9.17) is 29.0 Å². The summed E-state index contributed by atoms with van der Waals surface area (Å²) in [4.78, 5) is 38.1. The SMILES string of the molecule is COC1C(OP(=O)(S)OCCC2(O)CO[C@@H](n3cnc4c(N)ncnc43)C2)[C@@H](CO)O[C@H]1n1ccc(=O)[nH]c1=O. The van der Waals surface area contributed by atoms with E-state index in [2.05, 4.69) is 32.2 Å². The highest BCUT2D eigenvalue weighted by Gasteiger charge is 2.50. The Hall–Kier alpha value is -2.67. The van der Waals surface area contributed by atoms with Crippen LogP contribution in [0.3, 0.4) is 0 Å². The molecule has 3 aromatic heterocycles. The van der Waals surface area contributed by atoms with E-state index < -0.39 is 61.0 Å². The highest BCUT2D eigenvalue weighted by atomic mass is 32.7. The Bertz CT molecular complexity index is 1530. The van der Waals surface area contributed by atoms with Gasteiger partial charge in [-0.2, -0.15) is 0 Å². The van der Waals surface area contributed by atoms with E-state index in [9.17, 15) is 24.4 Å². The predicted molar refractivity (Wildman–Crippen MR) is 139 cm³/mol. The first-order valence-corrected chi connectivity index (χ1v) is 14.8. The molecule has 3 aromatic rings. The summed E-state index contributed by atoms with van der Waals surface area (Å²) in [7, 11) is 1.31. The number of methoxy groups -OCH3 is 1. The number of hydrogen-bond acceptors (Lipinski definition) is 14. The Balaban J connectivity index is 1.21. The Morgan fingerprint density at radius 3 is 2.83 bits per heavy atom. The summed E-state index contributed by atoms with van der Waals surface area (Å²) in [6, 6.07) is 1.12. The van der Waals surface area contributed by atoms with Gasteiger partial charge >= 0.3 is 12.5 Å². The van der Waals surface area contributed by atoms with Gasteiger partial charge in [-0.1, -0.05) is 12.2 Å². The maximum atomic E-state index is 13.1. The van der Waals surface area contributed by atoms with Crippen molar-refractivity contribution >= 4 is 36.0 Å². The molecule has 0 saturated carbocycles. The summed E-state index contributed by atoms with van der Waals surface area (Å²) in [5.74, 6) is 0.221. The standard InChI is InChI=1S/C21H28N7O10PS/c1-34-16-15(11(7-29)37-19(16)27-4-2-12(30)26-20(27)31)38-39(33,40)36-5-3-21(32)6-13(35-8-21)28-10-25-14-17(22)23-9-24-18(14)28/h2,4,9-11,13,15-16,19,29,32H,3,5-8H2,1H3,(H,33,40)(H2,22,23,24)(H,26,30,31)/t11-,13-,15?,16?,19-,21?,39?/m1/s1. The lowest BCUT2D eigenvalue weighted by molar-refractivity contribution is -0.0625. The lowest BCUT2D eigenvalue weighted by atomic mass is 9.99. The number of fused-ring (bicyclic) bond motifs is 1. The number of aliphatic hydroxyl groups excluding tert-OH is 1. The van der Waals surface area contributed by atoms with Gasteiger partial charge in [-0.25, -0.2) is 24.3 Å². The summed E-state index contributed by atoms with van der Waals surface area (Å²) in [5, 5.41) is 20.9. The Morgan fingerprint density at radius 2 is 2.10 bits per heavy atom. The quantitative estimate of drug-likeness (QED) is 0.144. The highest BCUT2D eigenvalue weighted by Crippen LogP contribution is 2.56. The third-order valence-corrected chi connectivity index (χ3v) is 8.38. The number of nitrogens with zero attached hydrogens (tertiary/aromatic N) is 5. The predicted octanol–water partition coefficient (Wildman–Crippen LogP) is -0.657. The topological polar surface area (TPSA) is 228 Å². The third kappa shape index (κ3) is 5.72. The largest absolute Gasteiger partial charge is 0.394 e. The number of anilines is 1. The van der Waals surface area contributed by atoms with Gasteiger partial charge in [0.2, 0.25) is 0 Å². The summed E-state index contributed by atoms with van der Waals surface area (Å²) in [6.07, 6.45) is -0.747. The Labute approximate surface area is 230 Å². The minimum absolute atomic E-state index is 0.0227. The van der Waals surface area contributed by atoms with Crippen molar-refractivity contribution in [2.45, 2.75) is 49.2 Å². The summed E-state index contributed by atoms with van der Waals surface area (Å²) in [6.45, 7) is -4.91. The maximum Gasteiger partial charge on any atom is 0.386 e. The fourth-order valence-corrected chi connectivity index (χ4v) is 6.27. The summed E-state index contributed by atoms with van der Waals surface area (Å²) >= 11 is 4.04. The molecule has 5 rings (SSSR count). The van der Waals surface area contributed by atoms with Crippen LogP contribution in [0.25, 0.3) is 11.2 Å². The van der Waals surface area contributed by atoms with Crippen LogP contribution in [-0.2, 0) is 27.8 Å². The zero-order valence-electron chi connectivity index (χ0n) is 21.1. The first-order chi connectivity index (χ1) is 19.0. The molecule has 40 heavy (non-hydrogen) atoms. The van der Waals surface area contributed by atoms with Crippen molar-refractivity contribution in [2.24, 2.45) is 0 Å². The second kappa shape index (κ2) is 11.3. The highest BCUT2D eigenvalue weighted by molar-refractivity contribution is 8.44. The van der Waals surface area contributed by atoms with Crippen LogP contribution in [0.4, 0.5) is 5.82 Å². The van der Waals surface area contributed by atoms with Crippen LogP contribution in [0.1, 0.15) is 25.3 Å². The number of nitrogens with one attached hydrogen (secondary N) is 1. The molecule has 0 radical (unpaired) electrons. The Morgan fingerprint density at radius 1 is 1.30 bits per heavy atom. The van der Waals surface area contributed by atoms with Crippen LogP contribution in [0.5, 0.6) is 0 Å². The number of nitrogens with two attached hydrogens (primary N) is 1. The van der Waals surface area contributed by atoms with Crippen molar-refractivity contribution in [3.8, 4) is 0 Å². The van der Waals surface area contributed by atoms with E-state index >= 15 is 0 Å². The molecule has 2 aliphatic heterocycles. The fraction of sp³-hybridized carbons (Fsp3) is 0.571. The van der Waals surface area contributed by atoms with Gasteiger partial charge in [0.05, 0.1) is 31.7 Å². The number of thiol groups is 1. The molecule has 0 aliphatic carbocycles. The second-order valence-corrected chi connectivity index (χ2v) is 12.2. The monoisotopic (exact) mass is 601 g/mol. The molecule has 0 amide bonds. The van der Waals surface area contributed by atoms with Crippen LogP contribution in [0.15, 0.2) is 34.5 Å². The molecule has 2 saturated heterocycles. The van der Waals surface area contributed by atoms with Crippen LogP contribution in [-0.4, -0.2) is 90.1 Å². The minimum Gasteiger partial charge on any atom is -0.394 e. The van der Waals surface area contributed by atoms with E-state index in [-0.39, 0.29) is 31.9 Å². The van der Waals surface area contributed by atoms with E-state index in [1.165, 1.54) is 26.0 Å². The number of aliphatic hydroxyl groups is 2. The average Bonchev–Trinajstić information content (AvgIpc) is 3.59. The minimum atomic E-state index is -4.09. The number of imidazole rings is 1. The van der Waals surface area contributed by atoms with Gasteiger partial charge in [0.25, 0.3) is 5.56 Å². The number of aromatic nitrogens is 6. The molecule has 5 heterocycles. The van der Waals surface area contributed by atoms with Gasteiger partial charge in [-0.15, -0.1) is 0 Å². The molecular weight excluding hydrogens is 573 g/mol. The van der Waals surface area contributed by atoms with Gasteiger partial charge in [0, 0.05) is 32.2 Å². The summed E-state index contributed by atoms with van der Waals surface area (Å²) < 4.78 is 43.8. The smallest absolute Gasteiger partial charge is 0.386 e. The van der Waals surface area contributed by atoms with E-state index in [0.29, 0.717) is 11.2 Å². The zero-order chi connectivity index (χ0) is 28.7. The van der Waals surface area contributed by atoms with Crippen molar-refractivity contribution < 1.29 is 38.0 Å². The molecular formula is C21H28N7O10PS. The molecule has 2 aliphatic rings. The average molecular weight is 602 g/mol. The van der Waals surface area contributed by atoms with Crippen LogP contribution in [0, 0.1) is 0 Å². The van der Waals surface area contributed by atoms with Gasteiger partial charge in [-0.05, 0) is 0 Å². The number of aromatic amines is 1. The molecule has 17 nitrogen and oxygen atoms in total. The van der Waals surface area contributed by atoms with Crippen molar-refractivity contribution in [3.63, 3.8) is 0 Å². The second-order valence-electron chi connectivity index (χ2n) is 9.36. The normalized spacial score (nSPS) is 30.1. The molecule has 19 heteroatoms. The lowest BCUT2D eigenvalue weighted by Crippen LogP contribution is -2.39. The van der Waals surface area contributed by atoms with Gasteiger partial charge < -0.3 is 34.7 Å². The molecule has 0 aromatic carbocycles. The molecule has 0 bridgehead atoms. The number of rotatable bonds is 10. The molecule has 0 spiro atoms.